The van der Waals surface area contributed by atoms with Gasteiger partial charge in [0.2, 0.25) is 11.8 Å². The van der Waals surface area contributed by atoms with Crippen LogP contribution in [-0.2, 0) is 19.2 Å². The summed E-state index contributed by atoms with van der Waals surface area (Å²) in [5.41, 5.74) is 2.54. The van der Waals surface area contributed by atoms with Crippen LogP contribution in [0.3, 0.4) is 0 Å². The number of aryl methyl sites for hydroxylation is 1. The van der Waals surface area contributed by atoms with Gasteiger partial charge in [0.05, 0.1) is 17.3 Å². The quantitative estimate of drug-likeness (QED) is 0.533. The van der Waals surface area contributed by atoms with Gasteiger partial charge in [-0.1, -0.05) is 30.7 Å². The second-order valence-electron chi connectivity index (χ2n) is 10.6. The molecule has 6 heteroatoms. The summed E-state index contributed by atoms with van der Waals surface area (Å²) in [5.74, 6) is -2.33. The minimum Gasteiger partial charge on any atom is -0.508 e. The first-order valence-electron chi connectivity index (χ1n) is 12.1. The van der Waals surface area contributed by atoms with Crippen molar-refractivity contribution >= 4 is 23.4 Å². The van der Waals surface area contributed by atoms with Crippen LogP contribution in [0.2, 0.25) is 0 Å². The number of aromatic hydroxyl groups is 1. The molecule has 3 aliphatic carbocycles. The Balaban J connectivity index is 1.73. The van der Waals surface area contributed by atoms with Gasteiger partial charge >= 0.3 is 0 Å². The Bertz CT molecular complexity index is 1220. The van der Waals surface area contributed by atoms with Crippen molar-refractivity contribution < 1.29 is 24.3 Å². The van der Waals surface area contributed by atoms with Crippen LogP contribution in [-0.4, -0.2) is 39.9 Å². The topological polar surface area (TPSA) is 91.8 Å². The number of carbonyl (C=O) groups excluding carboxylic acids is 4. The maximum absolute atomic E-state index is 13.9. The van der Waals surface area contributed by atoms with Gasteiger partial charge in [-0.25, -0.2) is 0 Å². The molecule has 2 amide bonds. The van der Waals surface area contributed by atoms with E-state index in [0.29, 0.717) is 36.1 Å². The minimum atomic E-state index is -0.991. The SMILES string of the molecule is CCN1C(=O)[C@H]2[C@H](CC=C3[C@H]2C[C@H]2C(=O)C(C)=C(C)C(=O)[C@@]2(C)[C@H]3c2ccc(O)c(C)c2)C1=O. The number of likely N-dealkylation sites (tertiary alicyclic amines) is 1. The van der Waals surface area contributed by atoms with Gasteiger partial charge in [0, 0.05) is 18.4 Å². The molecule has 0 bridgehead atoms. The summed E-state index contributed by atoms with van der Waals surface area (Å²) < 4.78 is 0. The van der Waals surface area contributed by atoms with E-state index in [1.54, 1.807) is 19.9 Å². The second kappa shape index (κ2) is 7.49. The normalized spacial score (nSPS) is 35.3. The maximum Gasteiger partial charge on any atom is 0.233 e. The number of phenols is 1. The van der Waals surface area contributed by atoms with Gasteiger partial charge in [0.25, 0.3) is 0 Å². The number of nitrogens with zero attached hydrogens (tertiary/aromatic N) is 1. The molecule has 0 unspecified atom stereocenters. The summed E-state index contributed by atoms with van der Waals surface area (Å²) in [4.78, 5) is 55.2. The largest absolute Gasteiger partial charge is 0.508 e. The molecule has 0 radical (unpaired) electrons. The molecular weight excluding hydrogens is 430 g/mol. The first kappa shape index (κ1) is 22.8. The lowest BCUT2D eigenvalue weighted by molar-refractivity contribution is -0.143. The van der Waals surface area contributed by atoms with Crippen molar-refractivity contribution in [1.82, 2.24) is 4.90 Å². The van der Waals surface area contributed by atoms with E-state index >= 15 is 0 Å². The molecule has 34 heavy (non-hydrogen) atoms. The molecule has 6 atom stereocenters. The first-order chi connectivity index (χ1) is 16.0. The zero-order valence-corrected chi connectivity index (χ0v) is 20.3. The molecule has 0 spiro atoms. The molecule has 1 saturated heterocycles. The van der Waals surface area contributed by atoms with Crippen LogP contribution in [0.25, 0.3) is 0 Å². The van der Waals surface area contributed by atoms with Gasteiger partial charge in [0.15, 0.2) is 11.6 Å². The zero-order valence-electron chi connectivity index (χ0n) is 20.3. The van der Waals surface area contributed by atoms with Crippen molar-refractivity contribution in [3.8, 4) is 5.75 Å². The molecule has 0 aromatic heterocycles. The number of hydrogen-bond acceptors (Lipinski definition) is 5. The molecule has 6 nitrogen and oxygen atoms in total. The standard InChI is InChI=1S/C28H31NO5/c1-6-29-26(33)18-9-8-17-19(22(18)27(29)34)12-20-24(31)14(3)15(4)25(32)28(20,5)23(17)16-7-10-21(30)13(2)11-16/h7-8,10-11,18-20,22-23,30H,6,9,12H2,1-5H3/t18-,19+,20-,22-,23-,28+/m0/s1. The Kier molecular flexibility index (Phi) is 5.01. The van der Waals surface area contributed by atoms with E-state index in [9.17, 15) is 24.3 Å². The molecule has 1 saturated carbocycles. The van der Waals surface area contributed by atoms with E-state index in [4.69, 9.17) is 0 Å². The van der Waals surface area contributed by atoms with E-state index < -0.39 is 29.1 Å². The van der Waals surface area contributed by atoms with Crippen LogP contribution in [0, 0.1) is 36.0 Å². The van der Waals surface area contributed by atoms with E-state index in [1.165, 1.54) is 4.90 Å². The number of hydrogen-bond donors (Lipinski definition) is 1. The number of allylic oxidation sites excluding steroid dienone is 4. The van der Waals surface area contributed by atoms with E-state index in [-0.39, 0.29) is 35.0 Å². The van der Waals surface area contributed by atoms with Crippen LogP contribution in [0.15, 0.2) is 41.0 Å². The molecule has 1 aliphatic heterocycles. The molecule has 1 aromatic carbocycles. The highest BCUT2D eigenvalue weighted by Crippen LogP contribution is 2.63. The third-order valence-electron chi connectivity index (χ3n) is 9.13. The summed E-state index contributed by atoms with van der Waals surface area (Å²) >= 11 is 0. The molecule has 5 rings (SSSR count). The second-order valence-corrected chi connectivity index (χ2v) is 10.6. The summed E-state index contributed by atoms with van der Waals surface area (Å²) in [5, 5.41) is 10.2. The zero-order chi connectivity index (χ0) is 24.7. The molecular formula is C28H31NO5. The van der Waals surface area contributed by atoms with Crippen LogP contribution >= 0.6 is 0 Å². The van der Waals surface area contributed by atoms with Gasteiger partial charge < -0.3 is 5.11 Å². The van der Waals surface area contributed by atoms with E-state index in [0.717, 1.165) is 11.1 Å². The Morgan fingerprint density at radius 1 is 1.03 bits per heavy atom. The summed E-state index contributed by atoms with van der Waals surface area (Å²) in [6.07, 6.45) is 2.91. The number of benzene rings is 1. The number of amides is 2. The van der Waals surface area contributed by atoms with Gasteiger partial charge in [-0.15, -0.1) is 0 Å². The Hall–Kier alpha value is -3.02. The van der Waals surface area contributed by atoms with Crippen molar-refractivity contribution in [3.63, 3.8) is 0 Å². The number of rotatable bonds is 2. The number of Topliss-reactive ketones (excluding diaryl/α,β-unsaturated/α-hetero) is 2. The third kappa shape index (κ3) is 2.74. The summed E-state index contributed by atoms with van der Waals surface area (Å²) in [6.45, 7) is 9.29. The molecule has 1 aromatic rings. The molecule has 1 heterocycles. The van der Waals surface area contributed by atoms with Crippen LogP contribution in [0.5, 0.6) is 5.75 Å². The van der Waals surface area contributed by atoms with Gasteiger partial charge in [-0.2, -0.15) is 0 Å². The van der Waals surface area contributed by atoms with Crippen molar-refractivity contribution in [1.29, 1.82) is 0 Å². The number of ketones is 2. The number of fused-ring (bicyclic) bond motifs is 4. The lowest BCUT2D eigenvalue weighted by Crippen LogP contribution is -2.55. The van der Waals surface area contributed by atoms with Crippen LogP contribution in [0.1, 0.15) is 57.6 Å². The third-order valence-corrected chi connectivity index (χ3v) is 9.13. The number of imide groups is 1. The Labute approximate surface area is 199 Å². The van der Waals surface area contributed by atoms with Crippen molar-refractivity contribution in [2.24, 2.45) is 29.1 Å². The molecule has 1 N–H and O–H groups in total. The van der Waals surface area contributed by atoms with E-state index in [1.807, 2.05) is 32.9 Å². The first-order valence-corrected chi connectivity index (χ1v) is 12.1. The monoisotopic (exact) mass is 461 g/mol. The van der Waals surface area contributed by atoms with E-state index in [2.05, 4.69) is 6.08 Å². The summed E-state index contributed by atoms with van der Waals surface area (Å²) in [7, 11) is 0. The average Bonchev–Trinajstić information content (AvgIpc) is 3.07. The lowest BCUT2D eigenvalue weighted by atomic mass is 9.46. The van der Waals surface area contributed by atoms with Gasteiger partial charge in [-0.3, -0.25) is 24.1 Å². The Morgan fingerprint density at radius 3 is 2.38 bits per heavy atom. The molecule has 2 fully saturated rings. The van der Waals surface area contributed by atoms with Crippen molar-refractivity contribution in [3.05, 3.63) is 52.1 Å². The summed E-state index contributed by atoms with van der Waals surface area (Å²) in [6, 6.07) is 5.34. The van der Waals surface area contributed by atoms with Crippen molar-refractivity contribution in [2.75, 3.05) is 6.54 Å². The highest BCUT2D eigenvalue weighted by Gasteiger charge is 2.63. The number of phenolic OH excluding ortho intramolecular Hbond substituents is 1. The van der Waals surface area contributed by atoms with Crippen LogP contribution in [0.4, 0.5) is 0 Å². The van der Waals surface area contributed by atoms with Crippen molar-refractivity contribution in [2.45, 2.75) is 53.4 Å². The molecule has 4 aliphatic rings. The lowest BCUT2D eigenvalue weighted by Gasteiger charge is -2.54. The van der Waals surface area contributed by atoms with Gasteiger partial charge in [0.1, 0.15) is 5.75 Å². The Morgan fingerprint density at radius 2 is 1.74 bits per heavy atom. The highest BCUT2D eigenvalue weighted by molar-refractivity contribution is 6.16. The fourth-order valence-electron chi connectivity index (χ4n) is 7.19. The van der Waals surface area contributed by atoms with Crippen LogP contribution < -0.4 is 0 Å². The molecule has 178 valence electrons. The average molecular weight is 462 g/mol. The minimum absolute atomic E-state index is 0.0317. The highest BCUT2D eigenvalue weighted by atomic mass is 16.3. The fourth-order valence-corrected chi connectivity index (χ4v) is 7.19. The maximum atomic E-state index is 13.9. The predicted molar refractivity (Wildman–Crippen MR) is 126 cm³/mol. The van der Waals surface area contributed by atoms with Gasteiger partial charge in [-0.05, 0) is 74.8 Å². The predicted octanol–water partition coefficient (Wildman–Crippen LogP) is 3.87. The number of carbonyl (C=O) groups is 4. The fraction of sp³-hybridized carbons (Fsp3) is 0.500. The smallest absolute Gasteiger partial charge is 0.233 e.